The monoisotopic (exact) mass is 716 g/mol. The summed E-state index contributed by atoms with van der Waals surface area (Å²) in [5.74, 6) is 0.0204. The van der Waals surface area contributed by atoms with Crippen molar-refractivity contribution < 1.29 is 42.7 Å². The number of rotatable bonds is 8. The third-order valence-electron chi connectivity index (χ3n) is 13.1. The Morgan fingerprint density at radius 3 is 2.35 bits per heavy atom. The lowest BCUT2D eigenvalue weighted by molar-refractivity contribution is -0.290. The largest absolute Gasteiger partial charge is 0.462 e. The second kappa shape index (κ2) is 16.8. The van der Waals surface area contributed by atoms with Crippen LogP contribution >= 0.6 is 0 Å². The van der Waals surface area contributed by atoms with Gasteiger partial charge in [-0.05, 0) is 109 Å². The maximum atomic E-state index is 14.6. The van der Waals surface area contributed by atoms with Crippen LogP contribution in [0.15, 0.2) is 23.8 Å². The van der Waals surface area contributed by atoms with Gasteiger partial charge < -0.3 is 43.8 Å². The zero-order chi connectivity index (χ0) is 36.6. The van der Waals surface area contributed by atoms with Crippen LogP contribution in [0.25, 0.3) is 0 Å². The van der Waals surface area contributed by atoms with Crippen molar-refractivity contribution in [2.24, 2.45) is 41.2 Å². The van der Waals surface area contributed by atoms with Crippen LogP contribution in [-0.4, -0.2) is 112 Å². The van der Waals surface area contributed by atoms with E-state index >= 15 is 0 Å². The summed E-state index contributed by atoms with van der Waals surface area (Å²) in [5.41, 5.74) is 7.15. The molecule has 0 aromatic heterocycles. The number of nitrogens with zero attached hydrogens (tertiary/aromatic N) is 1. The smallest absolute Gasteiger partial charge is 0.306 e. The molecule has 0 bridgehead atoms. The Balaban J connectivity index is 1.21. The number of hydrogen-bond donors (Lipinski definition) is 1. The molecule has 6 rings (SSSR count). The topological polar surface area (TPSA) is 128 Å². The summed E-state index contributed by atoms with van der Waals surface area (Å²) < 4.78 is 43.5. The van der Waals surface area contributed by atoms with Crippen LogP contribution in [0.4, 0.5) is 0 Å². The number of allylic oxidation sites excluding steroid dienone is 4. The molecule has 11 nitrogen and oxygen atoms in total. The summed E-state index contributed by atoms with van der Waals surface area (Å²) in [6.45, 7) is 8.13. The molecule has 4 fully saturated rings. The summed E-state index contributed by atoms with van der Waals surface area (Å²) in [6.07, 6.45) is 11.0. The van der Waals surface area contributed by atoms with Gasteiger partial charge in [-0.15, -0.1) is 0 Å². The van der Waals surface area contributed by atoms with Crippen molar-refractivity contribution in [1.82, 2.24) is 4.90 Å². The molecule has 1 saturated carbocycles. The molecule has 11 heteroatoms. The molecule has 3 heterocycles. The molecule has 0 unspecified atom stereocenters. The van der Waals surface area contributed by atoms with Gasteiger partial charge >= 0.3 is 5.97 Å². The Hall–Kier alpha value is -1.70. The van der Waals surface area contributed by atoms with E-state index in [1.807, 2.05) is 13.8 Å². The normalized spacial score (nSPS) is 46.4. The Bertz CT molecular complexity index is 1270. The molecular formula is C40H64N2O9. The first-order valence-electron chi connectivity index (χ1n) is 19.7. The van der Waals surface area contributed by atoms with Gasteiger partial charge in [0.15, 0.2) is 18.4 Å². The number of fused-ring (bicyclic) bond motifs is 5. The molecule has 6 aliphatic rings. The van der Waals surface area contributed by atoms with E-state index in [0.717, 1.165) is 50.5 Å². The molecule has 0 amide bonds. The molecule has 3 aliphatic heterocycles. The molecular weight excluding hydrogens is 652 g/mol. The standard InChI is InChI=1S/C40H64N2O9/c1-9-25-11-10-12-33(51-35-16-15-32(42(5)6)22(3)47-35)21(2)37(44)31-19-29-27(30(31)20-34(43)49-25)14-13-24-17-26(18-28(24)29)50-40-39(46-8)38(45-7)36(41)23(4)48-40/h13-14,19,21-30,32-33,35-36,38-40H,9-12,15-18,20,41H2,1-8H3/t21-,22+,23-,24+,25+,26+,27+,28+,29+,30-,32-,33-,35-,36+,38+,39+,40-/m0/s1. The maximum Gasteiger partial charge on any atom is 0.306 e. The highest BCUT2D eigenvalue weighted by atomic mass is 16.7. The molecule has 51 heavy (non-hydrogen) atoms. The number of ether oxygens (including phenoxy) is 7. The highest BCUT2D eigenvalue weighted by Gasteiger charge is 2.52. The van der Waals surface area contributed by atoms with Crippen molar-refractivity contribution in [3.63, 3.8) is 0 Å². The molecule has 0 aromatic rings. The number of hydrogen-bond acceptors (Lipinski definition) is 11. The van der Waals surface area contributed by atoms with Crippen LogP contribution in [0, 0.1) is 35.5 Å². The van der Waals surface area contributed by atoms with Crippen LogP contribution < -0.4 is 5.73 Å². The van der Waals surface area contributed by atoms with E-state index in [9.17, 15) is 9.59 Å². The molecule has 0 aromatic carbocycles. The molecule has 0 spiro atoms. The van der Waals surface area contributed by atoms with Crippen molar-refractivity contribution in [1.29, 1.82) is 0 Å². The predicted molar refractivity (Wildman–Crippen MR) is 191 cm³/mol. The number of Topliss-reactive ketones (excluding diaryl/α,β-unsaturated/α-hetero) is 1. The van der Waals surface area contributed by atoms with Gasteiger partial charge in [-0.3, -0.25) is 9.59 Å². The van der Waals surface area contributed by atoms with E-state index in [1.165, 1.54) is 0 Å². The second-order valence-electron chi connectivity index (χ2n) is 16.4. The van der Waals surface area contributed by atoms with Crippen LogP contribution in [0.1, 0.15) is 85.5 Å². The third-order valence-corrected chi connectivity index (χ3v) is 13.1. The van der Waals surface area contributed by atoms with E-state index in [4.69, 9.17) is 38.9 Å². The van der Waals surface area contributed by atoms with Gasteiger partial charge in [-0.2, -0.15) is 0 Å². The number of cyclic esters (lactones) is 1. The fraction of sp³-hybridized carbons (Fsp3) is 0.850. The Kier molecular flexibility index (Phi) is 12.8. The minimum Gasteiger partial charge on any atom is -0.462 e. The molecule has 288 valence electrons. The van der Waals surface area contributed by atoms with E-state index in [0.29, 0.717) is 18.4 Å². The molecule has 3 saturated heterocycles. The summed E-state index contributed by atoms with van der Waals surface area (Å²) in [4.78, 5) is 30.3. The summed E-state index contributed by atoms with van der Waals surface area (Å²) >= 11 is 0. The lowest BCUT2D eigenvalue weighted by atomic mass is 9.70. The van der Waals surface area contributed by atoms with Gasteiger partial charge in [-0.25, -0.2) is 0 Å². The number of carbonyl (C=O) groups excluding carboxylic acids is 2. The van der Waals surface area contributed by atoms with E-state index in [1.54, 1.807) is 14.2 Å². The van der Waals surface area contributed by atoms with Crippen molar-refractivity contribution in [3.8, 4) is 0 Å². The molecule has 0 radical (unpaired) electrons. The van der Waals surface area contributed by atoms with Gasteiger partial charge in [-0.1, -0.05) is 32.1 Å². The number of methoxy groups -OCH3 is 2. The molecule has 17 atom stereocenters. The summed E-state index contributed by atoms with van der Waals surface area (Å²) in [5, 5.41) is 0. The Labute approximate surface area is 305 Å². The average molecular weight is 717 g/mol. The highest BCUT2D eigenvalue weighted by Crippen LogP contribution is 2.54. The predicted octanol–water partition coefficient (Wildman–Crippen LogP) is 4.80. The van der Waals surface area contributed by atoms with Gasteiger partial charge in [0.1, 0.15) is 18.3 Å². The zero-order valence-corrected chi connectivity index (χ0v) is 32.1. The number of likely N-dealkylation sites (N-methyl/N-ethyl adjacent to an activating group) is 1. The van der Waals surface area contributed by atoms with E-state index in [2.05, 4.69) is 51.1 Å². The maximum absolute atomic E-state index is 14.6. The second-order valence-corrected chi connectivity index (χ2v) is 16.4. The van der Waals surface area contributed by atoms with Crippen molar-refractivity contribution in [3.05, 3.63) is 23.8 Å². The van der Waals surface area contributed by atoms with Gasteiger partial charge in [0, 0.05) is 32.1 Å². The quantitative estimate of drug-likeness (QED) is 0.275. The first-order chi connectivity index (χ1) is 24.4. The third kappa shape index (κ3) is 8.21. The van der Waals surface area contributed by atoms with E-state index in [-0.39, 0.29) is 96.7 Å². The van der Waals surface area contributed by atoms with E-state index < -0.39 is 12.4 Å². The fourth-order valence-corrected chi connectivity index (χ4v) is 10.1. The lowest BCUT2D eigenvalue weighted by Gasteiger charge is -2.43. The fourth-order valence-electron chi connectivity index (χ4n) is 10.1. The number of esters is 1. The van der Waals surface area contributed by atoms with Crippen molar-refractivity contribution in [2.75, 3.05) is 28.3 Å². The van der Waals surface area contributed by atoms with Gasteiger partial charge in [0.05, 0.1) is 36.9 Å². The van der Waals surface area contributed by atoms with Crippen LogP contribution in [0.5, 0.6) is 0 Å². The summed E-state index contributed by atoms with van der Waals surface area (Å²) in [6, 6.07) is 0.0165. The minimum atomic E-state index is -0.595. The summed E-state index contributed by atoms with van der Waals surface area (Å²) in [7, 11) is 7.46. The van der Waals surface area contributed by atoms with Crippen molar-refractivity contribution >= 4 is 11.8 Å². The van der Waals surface area contributed by atoms with Crippen molar-refractivity contribution in [2.45, 2.75) is 153 Å². The number of ketones is 1. The Morgan fingerprint density at radius 2 is 1.67 bits per heavy atom. The number of carbonyl (C=O) groups is 2. The first-order valence-corrected chi connectivity index (χ1v) is 19.7. The van der Waals surface area contributed by atoms with Gasteiger partial charge in [0.2, 0.25) is 0 Å². The van der Waals surface area contributed by atoms with Gasteiger partial charge in [0.25, 0.3) is 0 Å². The molecule has 3 aliphatic carbocycles. The Morgan fingerprint density at radius 1 is 0.902 bits per heavy atom. The van der Waals surface area contributed by atoms with Crippen LogP contribution in [-0.2, 0) is 42.7 Å². The SMILES string of the molecule is CC[C@@H]1CCC[C@H](O[C@H]2CC[C@H](N(C)C)[C@@H](C)O2)[C@H](C)C(=O)C2=C[C@@H]3[C@@H](C=C[C@@H]4C[C@@H](O[C@@H]5O[C@@H](C)[C@@H](N)[C@@H](OC)[C@H]5OC)C[C@@H]34)[C@@H]2CC(=O)O1. The average Bonchev–Trinajstić information content (AvgIpc) is 3.68. The highest BCUT2D eigenvalue weighted by molar-refractivity contribution is 5.99. The van der Waals surface area contributed by atoms with Crippen LogP contribution in [0.2, 0.25) is 0 Å². The molecule has 2 N–H and O–H groups in total. The minimum absolute atomic E-state index is 0.0383. The zero-order valence-electron chi connectivity index (χ0n) is 32.1. The lowest BCUT2D eigenvalue weighted by Crippen LogP contribution is -2.62. The number of nitrogens with two attached hydrogens (primary N) is 1. The van der Waals surface area contributed by atoms with Crippen LogP contribution in [0.3, 0.4) is 0 Å². The first kappa shape index (κ1) is 39.0.